The summed E-state index contributed by atoms with van der Waals surface area (Å²) >= 11 is 0. The molecule has 1 aromatic carbocycles. The minimum Gasteiger partial charge on any atom is -0.338 e. The van der Waals surface area contributed by atoms with Crippen LogP contribution in [-0.2, 0) is 27.8 Å². The van der Waals surface area contributed by atoms with E-state index in [9.17, 15) is 13.2 Å². The Morgan fingerprint density at radius 2 is 1.79 bits per heavy atom. The first-order chi connectivity index (χ1) is 13.9. The van der Waals surface area contributed by atoms with E-state index in [4.69, 9.17) is 0 Å². The summed E-state index contributed by atoms with van der Waals surface area (Å²) in [6.45, 7) is 6.07. The van der Waals surface area contributed by atoms with E-state index in [0.717, 1.165) is 13.0 Å². The van der Waals surface area contributed by atoms with Crippen LogP contribution in [0.1, 0.15) is 43.9 Å². The van der Waals surface area contributed by atoms with Crippen LogP contribution >= 0.6 is 0 Å². The number of nitrogens with zero attached hydrogens (tertiary/aromatic N) is 4. The van der Waals surface area contributed by atoms with Gasteiger partial charge in [-0.15, -0.1) is 0 Å². The van der Waals surface area contributed by atoms with Gasteiger partial charge in [-0.05, 0) is 44.2 Å². The van der Waals surface area contributed by atoms with Gasteiger partial charge >= 0.3 is 0 Å². The van der Waals surface area contributed by atoms with Crippen LogP contribution < -0.4 is 0 Å². The highest BCUT2D eigenvalue weighted by atomic mass is 32.2. The molecule has 0 spiro atoms. The summed E-state index contributed by atoms with van der Waals surface area (Å²) in [5.41, 5.74) is 2.53. The van der Waals surface area contributed by atoms with Crippen LogP contribution in [0.5, 0.6) is 0 Å². The van der Waals surface area contributed by atoms with Crippen molar-refractivity contribution in [3.05, 3.63) is 47.9 Å². The molecule has 2 aliphatic rings. The summed E-state index contributed by atoms with van der Waals surface area (Å²) in [5, 5.41) is 0.0867. The van der Waals surface area contributed by atoms with E-state index in [2.05, 4.69) is 17.1 Å². The fourth-order valence-electron chi connectivity index (χ4n) is 4.15. The van der Waals surface area contributed by atoms with Gasteiger partial charge in [-0.3, -0.25) is 4.79 Å². The average molecular weight is 417 g/mol. The Labute approximate surface area is 172 Å². The van der Waals surface area contributed by atoms with Gasteiger partial charge in [0.25, 0.3) is 10.0 Å². The Balaban J connectivity index is 1.38. The maximum absolute atomic E-state index is 13.0. The van der Waals surface area contributed by atoms with Crippen LogP contribution in [0, 0.1) is 5.92 Å². The summed E-state index contributed by atoms with van der Waals surface area (Å²) < 4.78 is 29.0. The molecule has 4 rings (SSSR count). The van der Waals surface area contributed by atoms with Crippen LogP contribution in [-0.4, -0.2) is 52.7 Å². The van der Waals surface area contributed by atoms with Crippen LogP contribution in [0.2, 0.25) is 0 Å². The zero-order valence-electron chi connectivity index (χ0n) is 17.0. The van der Waals surface area contributed by atoms with Gasteiger partial charge in [-0.1, -0.05) is 24.3 Å². The molecule has 2 aliphatic heterocycles. The molecule has 1 aromatic heterocycles. The van der Waals surface area contributed by atoms with Gasteiger partial charge in [-0.2, -0.15) is 4.31 Å². The van der Waals surface area contributed by atoms with Crippen LogP contribution in [0.15, 0.2) is 41.8 Å². The molecule has 29 heavy (non-hydrogen) atoms. The number of rotatable bonds is 4. The molecule has 0 atom stereocenters. The van der Waals surface area contributed by atoms with Crippen LogP contribution in [0.25, 0.3) is 0 Å². The van der Waals surface area contributed by atoms with Crippen molar-refractivity contribution < 1.29 is 13.2 Å². The monoisotopic (exact) mass is 416 g/mol. The number of amides is 1. The van der Waals surface area contributed by atoms with E-state index in [1.165, 1.54) is 15.4 Å². The van der Waals surface area contributed by atoms with Gasteiger partial charge in [0.05, 0.1) is 6.33 Å². The predicted octanol–water partition coefficient (Wildman–Crippen LogP) is 2.45. The molecule has 0 N–H and O–H groups in total. The van der Waals surface area contributed by atoms with Crippen molar-refractivity contribution in [2.24, 2.45) is 5.92 Å². The Hall–Kier alpha value is -2.19. The Morgan fingerprint density at radius 1 is 1.10 bits per heavy atom. The fourth-order valence-corrected chi connectivity index (χ4v) is 5.54. The minimum atomic E-state index is -3.61. The Bertz CT molecular complexity index is 991. The number of imidazole rings is 1. The fraction of sp³-hybridized carbons (Fsp3) is 0.524. The summed E-state index contributed by atoms with van der Waals surface area (Å²) in [6.07, 6.45) is 5.14. The lowest BCUT2D eigenvalue weighted by molar-refractivity contribution is -0.137. The minimum absolute atomic E-state index is 0.0867. The first-order valence-electron chi connectivity index (χ1n) is 10.3. The second-order valence-corrected chi connectivity index (χ2v) is 10.1. The summed E-state index contributed by atoms with van der Waals surface area (Å²) in [5.74, 6) is 0.0422. The van der Waals surface area contributed by atoms with Gasteiger partial charge < -0.3 is 9.47 Å². The van der Waals surface area contributed by atoms with Gasteiger partial charge in [0.15, 0.2) is 5.03 Å². The molecule has 7 nitrogen and oxygen atoms in total. The number of fused-ring (bicyclic) bond motifs is 1. The number of aromatic nitrogens is 2. The van der Waals surface area contributed by atoms with Crippen molar-refractivity contribution in [2.45, 2.75) is 50.7 Å². The SMILES string of the molecule is CC(C)n1cnc(S(=O)(=O)N2CCC(C(=O)N3CCc4ccccc4C3)CC2)c1. The van der Waals surface area contributed by atoms with E-state index < -0.39 is 10.0 Å². The molecule has 0 aliphatic carbocycles. The lowest BCUT2D eigenvalue weighted by atomic mass is 9.94. The number of hydrogen-bond donors (Lipinski definition) is 0. The second-order valence-electron chi connectivity index (χ2n) is 8.21. The molecule has 1 saturated heterocycles. The number of benzene rings is 1. The van der Waals surface area contributed by atoms with Gasteiger partial charge in [0.2, 0.25) is 5.91 Å². The molecule has 8 heteroatoms. The van der Waals surface area contributed by atoms with Crippen molar-refractivity contribution in [3.63, 3.8) is 0 Å². The molecule has 2 aromatic rings. The average Bonchev–Trinajstić information content (AvgIpc) is 3.24. The molecule has 1 amide bonds. The van der Waals surface area contributed by atoms with E-state index in [1.54, 1.807) is 17.1 Å². The Morgan fingerprint density at radius 3 is 2.45 bits per heavy atom. The van der Waals surface area contributed by atoms with Crippen molar-refractivity contribution in [1.29, 1.82) is 0 Å². The van der Waals surface area contributed by atoms with E-state index in [-0.39, 0.29) is 22.9 Å². The molecule has 0 bridgehead atoms. The quantitative estimate of drug-likeness (QED) is 0.767. The lowest BCUT2D eigenvalue weighted by Gasteiger charge is -2.35. The van der Waals surface area contributed by atoms with E-state index in [0.29, 0.717) is 32.5 Å². The second kappa shape index (κ2) is 7.91. The molecule has 3 heterocycles. The van der Waals surface area contributed by atoms with E-state index >= 15 is 0 Å². The van der Waals surface area contributed by atoms with Crippen LogP contribution in [0.3, 0.4) is 0 Å². The van der Waals surface area contributed by atoms with Crippen LogP contribution in [0.4, 0.5) is 0 Å². The van der Waals surface area contributed by atoms with Gasteiger partial charge in [-0.25, -0.2) is 13.4 Å². The third-order valence-corrected chi connectivity index (χ3v) is 7.81. The topological polar surface area (TPSA) is 75.5 Å². The highest BCUT2D eigenvalue weighted by Gasteiger charge is 2.35. The van der Waals surface area contributed by atoms with Gasteiger partial charge in [0, 0.05) is 44.3 Å². The maximum Gasteiger partial charge on any atom is 0.262 e. The zero-order chi connectivity index (χ0) is 20.6. The Kier molecular flexibility index (Phi) is 5.48. The number of sulfonamides is 1. The molecular weight excluding hydrogens is 388 g/mol. The number of hydrogen-bond acceptors (Lipinski definition) is 4. The summed E-state index contributed by atoms with van der Waals surface area (Å²) in [7, 11) is -3.61. The van der Waals surface area contributed by atoms with Crippen molar-refractivity contribution in [3.8, 4) is 0 Å². The largest absolute Gasteiger partial charge is 0.338 e. The van der Waals surface area contributed by atoms with E-state index in [1.807, 2.05) is 30.9 Å². The first kappa shape index (κ1) is 20.1. The highest BCUT2D eigenvalue weighted by Crippen LogP contribution is 2.27. The molecule has 0 radical (unpaired) electrons. The normalized spacial score (nSPS) is 18.8. The molecule has 0 unspecified atom stereocenters. The smallest absolute Gasteiger partial charge is 0.262 e. The molecule has 1 fully saturated rings. The number of carbonyl (C=O) groups excluding carboxylic acids is 1. The maximum atomic E-state index is 13.0. The molecule has 0 saturated carbocycles. The third kappa shape index (κ3) is 3.96. The van der Waals surface area contributed by atoms with Crippen molar-refractivity contribution in [1.82, 2.24) is 18.8 Å². The first-order valence-corrected chi connectivity index (χ1v) is 11.7. The predicted molar refractivity (Wildman–Crippen MR) is 110 cm³/mol. The summed E-state index contributed by atoms with van der Waals surface area (Å²) in [6, 6.07) is 8.42. The number of piperidine rings is 1. The zero-order valence-corrected chi connectivity index (χ0v) is 17.8. The molecule has 156 valence electrons. The summed E-state index contributed by atoms with van der Waals surface area (Å²) in [4.78, 5) is 19.0. The lowest BCUT2D eigenvalue weighted by Crippen LogP contribution is -2.45. The standard InChI is InChI=1S/C21H28N4O3S/c1-16(2)24-14-20(22-15-24)29(27,28)25-11-8-18(9-12-25)21(26)23-10-7-17-5-3-4-6-19(17)13-23/h3-6,14-16,18H,7-13H2,1-2H3. The number of carbonyl (C=O) groups is 1. The highest BCUT2D eigenvalue weighted by molar-refractivity contribution is 7.89. The van der Waals surface area contributed by atoms with Gasteiger partial charge in [0.1, 0.15) is 0 Å². The van der Waals surface area contributed by atoms with Crippen molar-refractivity contribution >= 4 is 15.9 Å². The van der Waals surface area contributed by atoms with Crippen molar-refractivity contribution in [2.75, 3.05) is 19.6 Å². The third-order valence-electron chi connectivity index (χ3n) is 6.02. The molecular formula is C21H28N4O3S.